The molecular weight excluding hydrogens is 719 g/mol. The maximum absolute atomic E-state index is 10.6. The Labute approximate surface area is 282 Å². The molecule has 2 fully saturated rings. The quantitative estimate of drug-likeness (QED) is 0.316. The number of alkyl halides is 9. The van der Waals surface area contributed by atoms with Gasteiger partial charge in [0.25, 0.3) is 0 Å². The van der Waals surface area contributed by atoms with Gasteiger partial charge in [-0.05, 0) is 37.6 Å². The fourth-order valence-corrected chi connectivity index (χ4v) is 4.45. The van der Waals surface area contributed by atoms with Crippen LogP contribution in [0.25, 0.3) is 5.65 Å². The number of methoxy groups -OCH3 is 1. The molecule has 0 aromatic carbocycles. The minimum atomic E-state index is -5.08. The highest BCUT2D eigenvalue weighted by Gasteiger charge is 2.39. The van der Waals surface area contributed by atoms with Gasteiger partial charge in [0.1, 0.15) is 0 Å². The number of hydrogen-bond donors (Lipinski definition) is 3. The Hall–Kier alpha value is -4.93. The fraction of sp³-hybridized carbons (Fsp3) is 0.500. The number of aliphatic carboxylic acids is 3. The van der Waals surface area contributed by atoms with Gasteiger partial charge in [-0.25, -0.2) is 28.9 Å². The van der Waals surface area contributed by atoms with Crippen molar-refractivity contribution in [1.29, 1.82) is 0 Å². The van der Waals surface area contributed by atoms with Crippen LogP contribution in [-0.2, 0) is 25.7 Å². The smallest absolute Gasteiger partial charge is 0.481 e. The number of carboxylic acids is 3. The van der Waals surface area contributed by atoms with Gasteiger partial charge in [0.15, 0.2) is 11.5 Å². The highest BCUT2D eigenvalue weighted by atomic mass is 19.4. The highest BCUT2D eigenvalue weighted by Crippen LogP contribution is 2.28. The van der Waals surface area contributed by atoms with E-state index in [0.29, 0.717) is 11.8 Å². The van der Waals surface area contributed by atoms with E-state index in [-0.39, 0.29) is 0 Å². The van der Waals surface area contributed by atoms with Gasteiger partial charge in [-0.1, -0.05) is 6.07 Å². The molecule has 0 amide bonds. The van der Waals surface area contributed by atoms with Crippen LogP contribution in [0.3, 0.4) is 0 Å². The van der Waals surface area contributed by atoms with Gasteiger partial charge in [0.05, 0.1) is 32.2 Å². The van der Waals surface area contributed by atoms with Gasteiger partial charge >= 0.3 is 36.4 Å². The van der Waals surface area contributed by atoms with Crippen LogP contribution in [0.15, 0.2) is 36.7 Å². The van der Waals surface area contributed by atoms with E-state index >= 15 is 0 Å². The molecule has 51 heavy (non-hydrogen) atoms. The molecule has 284 valence electrons. The SMILES string of the molecule is COc1ncccc1CN1CCCC(c2nc3ccc(N4CCOCC4)cn3n2)C1.O=C(O)C(F)(F)F.O=C(O)C(F)(F)F.O=C(O)C(F)(F)F. The number of likely N-dealkylation sites (tertiary alicyclic amines) is 1. The zero-order valence-corrected chi connectivity index (χ0v) is 26.4. The molecule has 3 aromatic rings. The van der Waals surface area contributed by atoms with E-state index < -0.39 is 36.4 Å². The number of piperidine rings is 1. The van der Waals surface area contributed by atoms with E-state index in [1.54, 1.807) is 13.3 Å². The van der Waals surface area contributed by atoms with Gasteiger partial charge in [0.2, 0.25) is 5.88 Å². The maximum atomic E-state index is 10.6. The number of halogens is 9. The second-order valence-electron chi connectivity index (χ2n) is 10.4. The van der Waals surface area contributed by atoms with Crippen LogP contribution in [0.2, 0.25) is 0 Å². The van der Waals surface area contributed by atoms with E-state index in [9.17, 15) is 39.5 Å². The molecule has 1 atom stereocenters. The van der Waals surface area contributed by atoms with E-state index in [1.165, 1.54) is 5.69 Å². The number of pyridine rings is 2. The first-order valence-corrected chi connectivity index (χ1v) is 14.4. The number of carbonyl (C=O) groups is 3. The van der Waals surface area contributed by atoms with E-state index in [1.807, 2.05) is 10.6 Å². The minimum Gasteiger partial charge on any atom is -0.481 e. The topological polar surface area (TPSA) is 180 Å². The average Bonchev–Trinajstić information content (AvgIpc) is 3.49. The summed E-state index contributed by atoms with van der Waals surface area (Å²) in [5, 5.41) is 26.2. The lowest BCUT2D eigenvalue weighted by Gasteiger charge is -2.31. The number of aromatic nitrogens is 4. The second kappa shape index (κ2) is 18.3. The Morgan fingerprint density at radius 2 is 1.43 bits per heavy atom. The van der Waals surface area contributed by atoms with Crippen molar-refractivity contribution in [3.63, 3.8) is 0 Å². The molecule has 0 spiro atoms. The lowest BCUT2D eigenvalue weighted by atomic mass is 9.97. The van der Waals surface area contributed by atoms with Crippen LogP contribution in [0, 0.1) is 0 Å². The number of nitrogens with zero attached hydrogens (tertiary/aromatic N) is 6. The lowest BCUT2D eigenvalue weighted by Crippen LogP contribution is -2.36. The zero-order chi connectivity index (χ0) is 38.6. The van der Waals surface area contributed by atoms with Crippen LogP contribution in [0.4, 0.5) is 45.2 Å². The molecule has 3 aromatic heterocycles. The molecule has 2 saturated heterocycles. The largest absolute Gasteiger partial charge is 0.490 e. The first-order chi connectivity index (χ1) is 23.6. The highest BCUT2D eigenvalue weighted by molar-refractivity contribution is 5.73. The normalized spacial score (nSPS) is 16.7. The second-order valence-corrected chi connectivity index (χ2v) is 10.4. The summed E-state index contributed by atoms with van der Waals surface area (Å²) in [5.41, 5.74) is 3.21. The predicted molar refractivity (Wildman–Crippen MR) is 155 cm³/mol. The molecule has 5 heterocycles. The Bertz CT molecular complexity index is 1540. The van der Waals surface area contributed by atoms with Crippen molar-refractivity contribution in [2.75, 3.05) is 51.4 Å². The molecular formula is C28H31F9N6O8. The van der Waals surface area contributed by atoms with Crippen molar-refractivity contribution < 1.29 is 78.7 Å². The number of hydrogen-bond acceptors (Lipinski definition) is 10. The van der Waals surface area contributed by atoms with Gasteiger partial charge < -0.3 is 29.7 Å². The van der Waals surface area contributed by atoms with Gasteiger partial charge in [-0.3, -0.25) is 4.90 Å². The van der Waals surface area contributed by atoms with Crippen molar-refractivity contribution >= 4 is 29.2 Å². The third-order valence-corrected chi connectivity index (χ3v) is 6.74. The molecule has 0 saturated carbocycles. The molecule has 2 aliphatic rings. The predicted octanol–water partition coefficient (Wildman–Crippen LogP) is 4.25. The third kappa shape index (κ3) is 14.1. The van der Waals surface area contributed by atoms with Crippen molar-refractivity contribution in [2.24, 2.45) is 0 Å². The van der Waals surface area contributed by atoms with Crippen molar-refractivity contribution in [3.8, 4) is 5.88 Å². The Morgan fingerprint density at radius 1 is 0.882 bits per heavy atom. The number of rotatable bonds is 5. The summed E-state index contributed by atoms with van der Waals surface area (Å²) in [5.74, 6) is -6.28. The van der Waals surface area contributed by atoms with Crippen molar-refractivity contribution in [2.45, 2.75) is 43.8 Å². The fourth-order valence-electron chi connectivity index (χ4n) is 4.45. The van der Waals surface area contributed by atoms with Crippen LogP contribution in [-0.4, -0.2) is 123 Å². The van der Waals surface area contributed by atoms with E-state index in [4.69, 9.17) is 49.3 Å². The van der Waals surface area contributed by atoms with Gasteiger partial charge in [-0.2, -0.15) is 44.6 Å². The molecule has 0 radical (unpaired) electrons. The number of ether oxygens (including phenoxy) is 2. The molecule has 0 aliphatic carbocycles. The monoisotopic (exact) mass is 750 g/mol. The maximum Gasteiger partial charge on any atom is 0.490 e. The molecule has 3 N–H and O–H groups in total. The minimum absolute atomic E-state index is 0.341. The van der Waals surface area contributed by atoms with Crippen molar-refractivity contribution in [1.82, 2.24) is 24.5 Å². The van der Waals surface area contributed by atoms with E-state index in [0.717, 1.165) is 75.8 Å². The first kappa shape index (κ1) is 42.2. The molecule has 0 bridgehead atoms. The van der Waals surface area contributed by atoms with Crippen molar-refractivity contribution in [3.05, 3.63) is 48.0 Å². The summed E-state index contributed by atoms with van der Waals surface area (Å²) in [4.78, 5) is 40.7. The summed E-state index contributed by atoms with van der Waals surface area (Å²) >= 11 is 0. The number of morpholine rings is 1. The number of anilines is 1. The molecule has 14 nitrogen and oxygen atoms in total. The van der Waals surface area contributed by atoms with Crippen LogP contribution < -0.4 is 9.64 Å². The summed E-state index contributed by atoms with van der Waals surface area (Å²) in [7, 11) is 1.68. The van der Waals surface area contributed by atoms with Crippen LogP contribution in [0.5, 0.6) is 5.88 Å². The first-order valence-electron chi connectivity index (χ1n) is 14.4. The zero-order valence-electron chi connectivity index (χ0n) is 26.4. The Balaban J connectivity index is 0.000000352. The van der Waals surface area contributed by atoms with Crippen LogP contribution >= 0.6 is 0 Å². The molecule has 23 heteroatoms. The molecule has 1 unspecified atom stereocenters. The van der Waals surface area contributed by atoms with E-state index in [2.05, 4.69) is 39.2 Å². The number of fused-ring (bicyclic) bond motifs is 1. The average molecular weight is 751 g/mol. The Kier molecular flexibility index (Phi) is 15.2. The summed E-state index contributed by atoms with van der Waals surface area (Å²) in [6.07, 6.45) is -9.12. The van der Waals surface area contributed by atoms with Gasteiger partial charge in [-0.15, -0.1) is 0 Å². The summed E-state index contributed by atoms with van der Waals surface area (Å²) in [6, 6.07) is 8.27. The number of carboxylic acid groups (broad SMARTS) is 3. The van der Waals surface area contributed by atoms with Crippen LogP contribution in [0.1, 0.15) is 30.1 Å². The molecule has 2 aliphatic heterocycles. The lowest BCUT2D eigenvalue weighted by molar-refractivity contribution is -0.193. The third-order valence-electron chi connectivity index (χ3n) is 6.74. The molecule has 5 rings (SSSR count). The summed E-state index contributed by atoms with van der Waals surface area (Å²) < 4.78 is 108. The van der Waals surface area contributed by atoms with Gasteiger partial charge in [0, 0.05) is 43.9 Å². The summed E-state index contributed by atoms with van der Waals surface area (Å²) in [6.45, 7) is 6.25. The Morgan fingerprint density at radius 3 is 1.94 bits per heavy atom. The standard InChI is InChI=1S/C22H28N6O2.3C2HF3O2/c1-29-22-18(4-2-8-23-22)15-26-9-3-5-17(14-26)21-24-20-7-6-19(16-28(20)25-21)27-10-12-30-13-11-27;3*3-2(4,5)1(6)7/h2,4,6-8,16-17H,3,5,9-15H2,1H3;3*(H,6,7).